The van der Waals surface area contributed by atoms with E-state index in [-0.39, 0.29) is 6.61 Å². The second-order valence-corrected chi connectivity index (χ2v) is 5.44. The van der Waals surface area contributed by atoms with Gasteiger partial charge in [-0.15, -0.1) is 0 Å². The zero-order chi connectivity index (χ0) is 17.4. The number of esters is 1. The van der Waals surface area contributed by atoms with Gasteiger partial charge in [-0.2, -0.15) is 0 Å². The largest absolute Gasteiger partial charge is 0.494 e. The van der Waals surface area contributed by atoms with E-state index in [9.17, 15) is 9.59 Å². The zero-order valence-electron chi connectivity index (χ0n) is 13.3. The molecule has 0 radical (unpaired) electrons. The molecule has 0 aliphatic carbocycles. The maximum Gasteiger partial charge on any atom is 0.338 e. The van der Waals surface area contributed by atoms with Gasteiger partial charge < -0.3 is 14.8 Å². The van der Waals surface area contributed by atoms with Gasteiger partial charge in [0.1, 0.15) is 5.75 Å². The number of anilines is 1. The maximum atomic E-state index is 11.9. The number of hydrogen-bond acceptors (Lipinski definition) is 4. The number of carbonyl (C=O) groups is 2. The second kappa shape index (κ2) is 8.93. The summed E-state index contributed by atoms with van der Waals surface area (Å²) in [5.41, 5.74) is 0.898. The van der Waals surface area contributed by atoms with Gasteiger partial charge in [0.15, 0.2) is 6.61 Å². The van der Waals surface area contributed by atoms with Crippen LogP contribution in [0.25, 0.3) is 0 Å². The molecule has 0 heterocycles. The van der Waals surface area contributed by atoms with Gasteiger partial charge in [-0.25, -0.2) is 4.79 Å². The number of rotatable bonds is 7. The van der Waals surface area contributed by atoms with Gasteiger partial charge in [0.05, 0.1) is 12.2 Å². The molecule has 0 spiro atoms. The Balaban J connectivity index is 1.82. The molecular weight excluding hydrogens is 330 g/mol. The van der Waals surface area contributed by atoms with Crippen LogP contribution in [0.15, 0.2) is 48.5 Å². The van der Waals surface area contributed by atoms with Gasteiger partial charge in [0.2, 0.25) is 0 Å². The van der Waals surface area contributed by atoms with Crippen molar-refractivity contribution in [2.24, 2.45) is 0 Å². The van der Waals surface area contributed by atoms with Crippen LogP contribution in [0.5, 0.6) is 5.75 Å². The zero-order valence-corrected chi connectivity index (χ0v) is 14.0. The van der Waals surface area contributed by atoms with Crippen LogP contribution >= 0.6 is 11.6 Å². The Kier molecular flexibility index (Phi) is 6.63. The van der Waals surface area contributed by atoms with E-state index in [0.717, 1.165) is 6.42 Å². The third-order valence-corrected chi connectivity index (χ3v) is 3.24. The van der Waals surface area contributed by atoms with Gasteiger partial charge >= 0.3 is 5.97 Å². The van der Waals surface area contributed by atoms with Crippen molar-refractivity contribution < 1.29 is 19.1 Å². The first-order chi connectivity index (χ1) is 11.6. The molecular formula is C18H18ClNO4. The maximum absolute atomic E-state index is 11.9. The quantitative estimate of drug-likeness (QED) is 0.771. The summed E-state index contributed by atoms with van der Waals surface area (Å²) in [5.74, 6) is -0.320. The standard InChI is InChI=1S/C18H18ClNO4/c1-2-10-23-16-8-6-13(7-9-16)18(22)24-12-17(21)20-15-5-3-4-14(19)11-15/h3-9,11H,2,10,12H2,1H3,(H,20,21). The van der Waals surface area contributed by atoms with Crippen molar-refractivity contribution in [3.05, 3.63) is 59.1 Å². The molecule has 24 heavy (non-hydrogen) atoms. The number of benzene rings is 2. The average molecular weight is 348 g/mol. The summed E-state index contributed by atoms with van der Waals surface area (Å²) < 4.78 is 10.4. The molecule has 0 fully saturated rings. The molecule has 0 atom stereocenters. The minimum Gasteiger partial charge on any atom is -0.494 e. The van der Waals surface area contributed by atoms with Crippen LogP contribution in [0.4, 0.5) is 5.69 Å². The summed E-state index contributed by atoms with van der Waals surface area (Å²) in [6, 6.07) is 13.3. The van der Waals surface area contributed by atoms with Crippen molar-refractivity contribution in [1.82, 2.24) is 0 Å². The van der Waals surface area contributed by atoms with Crippen LogP contribution < -0.4 is 10.1 Å². The molecule has 2 rings (SSSR count). The topological polar surface area (TPSA) is 64.6 Å². The van der Waals surface area contributed by atoms with E-state index in [1.54, 1.807) is 48.5 Å². The van der Waals surface area contributed by atoms with Crippen LogP contribution in [0, 0.1) is 0 Å². The molecule has 2 aromatic rings. The first-order valence-electron chi connectivity index (χ1n) is 7.54. The molecule has 6 heteroatoms. The first-order valence-corrected chi connectivity index (χ1v) is 7.91. The predicted molar refractivity (Wildman–Crippen MR) is 92.6 cm³/mol. The lowest BCUT2D eigenvalue weighted by atomic mass is 10.2. The van der Waals surface area contributed by atoms with Crippen LogP contribution in [-0.4, -0.2) is 25.1 Å². The molecule has 1 N–H and O–H groups in total. The smallest absolute Gasteiger partial charge is 0.338 e. The normalized spacial score (nSPS) is 10.1. The highest BCUT2D eigenvalue weighted by atomic mass is 35.5. The minimum absolute atomic E-state index is 0.356. The molecule has 0 saturated heterocycles. The van der Waals surface area contributed by atoms with E-state index < -0.39 is 11.9 Å². The fraction of sp³-hybridized carbons (Fsp3) is 0.222. The number of carbonyl (C=O) groups excluding carboxylic acids is 2. The Bertz CT molecular complexity index is 700. The van der Waals surface area contributed by atoms with Crippen molar-refractivity contribution in [1.29, 1.82) is 0 Å². The second-order valence-electron chi connectivity index (χ2n) is 5.01. The lowest BCUT2D eigenvalue weighted by Crippen LogP contribution is -2.20. The van der Waals surface area contributed by atoms with E-state index in [1.165, 1.54) is 0 Å². The number of ether oxygens (including phenoxy) is 2. The number of halogens is 1. The SMILES string of the molecule is CCCOc1ccc(C(=O)OCC(=O)Nc2cccc(Cl)c2)cc1. The summed E-state index contributed by atoms with van der Waals surface area (Å²) in [4.78, 5) is 23.7. The molecule has 2 aromatic carbocycles. The van der Waals surface area contributed by atoms with Gasteiger partial charge in [-0.05, 0) is 48.9 Å². The van der Waals surface area contributed by atoms with Crippen molar-refractivity contribution in [2.75, 3.05) is 18.5 Å². The highest BCUT2D eigenvalue weighted by Gasteiger charge is 2.10. The summed E-state index contributed by atoms with van der Waals surface area (Å²) in [6.45, 7) is 2.26. The fourth-order valence-corrected chi connectivity index (χ4v) is 2.08. The molecule has 0 unspecified atom stereocenters. The molecule has 1 amide bonds. The van der Waals surface area contributed by atoms with Crippen LogP contribution in [-0.2, 0) is 9.53 Å². The molecule has 0 aliphatic rings. The van der Waals surface area contributed by atoms with Gasteiger partial charge in [-0.3, -0.25) is 4.79 Å². The van der Waals surface area contributed by atoms with Crippen LogP contribution in [0.2, 0.25) is 5.02 Å². The Morgan fingerprint density at radius 1 is 1.12 bits per heavy atom. The molecule has 0 aliphatic heterocycles. The highest BCUT2D eigenvalue weighted by Crippen LogP contribution is 2.15. The van der Waals surface area contributed by atoms with Gasteiger partial charge in [0, 0.05) is 10.7 Å². The fourth-order valence-electron chi connectivity index (χ4n) is 1.88. The summed E-state index contributed by atoms with van der Waals surface area (Å²) >= 11 is 5.83. The summed E-state index contributed by atoms with van der Waals surface area (Å²) in [5, 5.41) is 3.11. The lowest BCUT2D eigenvalue weighted by Gasteiger charge is -2.08. The van der Waals surface area contributed by atoms with Crippen molar-refractivity contribution in [3.8, 4) is 5.75 Å². The van der Waals surface area contributed by atoms with Crippen molar-refractivity contribution in [2.45, 2.75) is 13.3 Å². The molecule has 0 bridgehead atoms. The van der Waals surface area contributed by atoms with Gasteiger partial charge in [-0.1, -0.05) is 24.6 Å². The number of hydrogen-bond donors (Lipinski definition) is 1. The monoisotopic (exact) mass is 347 g/mol. The Labute approximate surface area is 145 Å². The first kappa shape index (κ1) is 17.8. The van der Waals surface area contributed by atoms with Crippen molar-refractivity contribution in [3.63, 3.8) is 0 Å². The molecule has 5 nitrogen and oxygen atoms in total. The van der Waals surface area contributed by atoms with Crippen LogP contribution in [0.3, 0.4) is 0 Å². The molecule has 126 valence electrons. The average Bonchev–Trinajstić information content (AvgIpc) is 2.58. The Morgan fingerprint density at radius 3 is 2.54 bits per heavy atom. The Hall–Kier alpha value is -2.53. The van der Waals surface area contributed by atoms with E-state index in [4.69, 9.17) is 21.1 Å². The Morgan fingerprint density at radius 2 is 1.88 bits per heavy atom. The molecule has 0 aromatic heterocycles. The van der Waals surface area contributed by atoms with Gasteiger partial charge in [0.25, 0.3) is 5.91 Å². The summed E-state index contributed by atoms with van der Waals surface area (Å²) in [7, 11) is 0. The van der Waals surface area contributed by atoms with Crippen LogP contribution in [0.1, 0.15) is 23.7 Å². The predicted octanol–water partition coefficient (Wildman–Crippen LogP) is 3.92. The number of amides is 1. The van der Waals surface area contributed by atoms with E-state index in [0.29, 0.717) is 28.6 Å². The van der Waals surface area contributed by atoms with E-state index >= 15 is 0 Å². The molecule has 0 saturated carbocycles. The third-order valence-electron chi connectivity index (χ3n) is 3.01. The minimum atomic E-state index is -0.571. The third kappa shape index (κ3) is 5.59. The van der Waals surface area contributed by atoms with E-state index in [2.05, 4.69) is 5.32 Å². The lowest BCUT2D eigenvalue weighted by molar-refractivity contribution is -0.119. The summed E-state index contributed by atoms with van der Waals surface area (Å²) in [6.07, 6.45) is 0.908. The van der Waals surface area contributed by atoms with E-state index in [1.807, 2.05) is 6.92 Å². The number of nitrogens with one attached hydrogen (secondary N) is 1. The van der Waals surface area contributed by atoms with Crippen molar-refractivity contribution >= 4 is 29.2 Å². The highest BCUT2D eigenvalue weighted by molar-refractivity contribution is 6.30.